The molecule has 306 valence electrons. The molecule has 2 aliphatic carbocycles. The van der Waals surface area contributed by atoms with Gasteiger partial charge in [0.05, 0.1) is 22.4 Å². The van der Waals surface area contributed by atoms with Gasteiger partial charge in [0.15, 0.2) is 11.6 Å². The van der Waals surface area contributed by atoms with E-state index in [1.807, 2.05) is 23.1 Å². The third-order valence-corrected chi connectivity index (χ3v) is 14.4. The van der Waals surface area contributed by atoms with Gasteiger partial charge in [-0.3, -0.25) is 34.2 Å². The number of piperazine rings is 1. The van der Waals surface area contributed by atoms with E-state index in [0.717, 1.165) is 74.6 Å². The number of Topliss-reactive ketones (excluding diaryl/α,β-unsaturated/α-hetero) is 2. The van der Waals surface area contributed by atoms with Gasteiger partial charge in [-0.25, -0.2) is 0 Å². The van der Waals surface area contributed by atoms with E-state index >= 15 is 0 Å². The number of nitrogens with one attached hydrogen (secondary N) is 1. The molecule has 0 radical (unpaired) electrons. The number of piperidine rings is 2. The minimum absolute atomic E-state index is 0.0427. The fourth-order valence-electron chi connectivity index (χ4n) is 11.6. The summed E-state index contributed by atoms with van der Waals surface area (Å²) in [5.74, 6) is -2.74. The van der Waals surface area contributed by atoms with Crippen molar-refractivity contribution >= 4 is 52.3 Å². The van der Waals surface area contributed by atoms with E-state index in [1.165, 1.54) is 0 Å². The Morgan fingerprint density at radius 2 is 1.41 bits per heavy atom. The van der Waals surface area contributed by atoms with Gasteiger partial charge in [0.25, 0.3) is 5.91 Å². The van der Waals surface area contributed by atoms with Gasteiger partial charge in [0.1, 0.15) is 17.9 Å². The second-order valence-electron chi connectivity index (χ2n) is 18.3. The number of carbonyl (C=O) groups is 5. The van der Waals surface area contributed by atoms with Gasteiger partial charge in [-0.15, -0.1) is 0 Å². The van der Waals surface area contributed by atoms with E-state index in [0.29, 0.717) is 40.0 Å². The number of carbonyl (C=O) groups excluding carboxylic acids is 5. The van der Waals surface area contributed by atoms with Crippen LogP contribution in [-0.4, -0.2) is 96.5 Å². The summed E-state index contributed by atoms with van der Waals surface area (Å²) in [6, 6.07) is 19.4. The summed E-state index contributed by atoms with van der Waals surface area (Å²) < 4.78 is 6.50. The Balaban J connectivity index is 0.789. The molecule has 4 aliphatic heterocycles. The van der Waals surface area contributed by atoms with E-state index in [-0.39, 0.29) is 59.2 Å². The molecule has 59 heavy (non-hydrogen) atoms. The lowest BCUT2D eigenvalue weighted by molar-refractivity contribution is -0.199. The van der Waals surface area contributed by atoms with Crippen LogP contribution in [0.5, 0.6) is 5.75 Å². The minimum atomic E-state index is -1.06. The lowest BCUT2D eigenvalue weighted by atomic mass is 9.49. The molecular formula is C46H49ClN6O6. The SMILES string of the molecule is CC1(C)[C@H](Oc2ccc(C#N)c(Cl)c2)C(C)(C)[C@H]1N1Cc2cc(N3CCN(C4CCN(c5ccc6c(c5)C(=O)C(C5CCC(=O)NC5=O)C6=O)CC4)CC3)ccc2C1=O. The first kappa shape index (κ1) is 39.2. The Morgan fingerprint density at radius 3 is 2.07 bits per heavy atom. The third kappa shape index (κ3) is 6.48. The molecule has 4 fully saturated rings. The first-order valence-corrected chi connectivity index (χ1v) is 21.2. The van der Waals surface area contributed by atoms with Crippen LogP contribution in [0.1, 0.15) is 95.6 Å². The number of rotatable bonds is 7. The Morgan fingerprint density at radius 1 is 0.763 bits per heavy atom. The number of ketones is 2. The van der Waals surface area contributed by atoms with Crippen LogP contribution in [0.25, 0.3) is 0 Å². The number of hydrogen-bond donors (Lipinski definition) is 1. The van der Waals surface area contributed by atoms with Crippen molar-refractivity contribution in [3.63, 3.8) is 0 Å². The Labute approximate surface area is 349 Å². The predicted octanol–water partition coefficient (Wildman–Crippen LogP) is 5.89. The fourth-order valence-corrected chi connectivity index (χ4v) is 11.8. The van der Waals surface area contributed by atoms with Crippen molar-refractivity contribution in [3.8, 4) is 11.8 Å². The highest BCUT2D eigenvalue weighted by Gasteiger charge is 2.67. The highest BCUT2D eigenvalue weighted by atomic mass is 35.5. The van der Waals surface area contributed by atoms with E-state index < -0.39 is 17.7 Å². The number of ether oxygens (including phenoxy) is 1. The van der Waals surface area contributed by atoms with Crippen LogP contribution in [0, 0.1) is 34.0 Å². The maximum atomic E-state index is 13.9. The fraction of sp³-hybridized carbons (Fsp3) is 0.478. The standard InChI is InChI=1S/C46H49ClN6O6/c1-45(2)43(46(3,4)44(45)59-31-8-5-26(24-48)36(47)23-31)53-25-27-21-29(6-9-32(27)42(53)58)52-19-17-51(18-20-52)28-13-15-50(16-14-28)30-7-10-33-35(22-30)40(56)38(39(33)55)34-11-12-37(54)49-41(34)57/h5-10,21-23,28,34,38,43-44H,11-20,25H2,1-4H3,(H,49,54,57)/t34?,38?,43-,44-. The van der Waals surface area contributed by atoms with Gasteiger partial charge in [-0.2, -0.15) is 5.26 Å². The van der Waals surface area contributed by atoms with Crippen molar-refractivity contribution in [2.45, 2.75) is 78.1 Å². The molecule has 3 aromatic carbocycles. The number of nitrogens with zero attached hydrogens (tertiary/aromatic N) is 5. The highest BCUT2D eigenvalue weighted by Crippen LogP contribution is 2.59. The van der Waals surface area contributed by atoms with Gasteiger partial charge in [-0.05, 0) is 73.4 Å². The second-order valence-corrected chi connectivity index (χ2v) is 18.7. The number of amides is 3. The zero-order valence-corrected chi connectivity index (χ0v) is 34.7. The van der Waals surface area contributed by atoms with Crippen LogP contribution >= 0.6 is 11.6 Å². The van der Waals surface area contributed by atoms with Crippen LogP contribution in [-0.2, 0) is 16.1 Å². The molecule has 4 heterocycles. The van der Waals surface area contributed by atoms with Crippen LogP contribution in [0.3, 0.4) is 0 Å². The van der Waals surface area contributed by atoms with Crippen molar-refractivity contribution in [1.29, 1.82) is 5.26 Å². The number of hydrogen-bond acceptors (Lipinski definition) is 10. The molecule has 1 N–H and O–H groups in total. The molecule has 13 heteroatoms. The topological polar surface area (TPSA) is 143 Å². The lowest BCUT2D eigenvalue weighted by Gasteiger charge is -2.65. The second kappa shape index (κ2) is 14.5. The smallest absolute Gasteiger partial charge is 0.254 e. The number of benzene rings is 3. The zero-order valence-electron chi connectivity index (χ0n) is 33.9. The molecule has 6 aliphatic rings. The molecule has 3 saturated heterocycles. The lowest BCUT2D eigenvalue weighted by Crippen LogP contribution is -2.74. The number of nitriles is 1. The number of halogens is 1. The van der Waals surface area contributed by atoms with Crippen LogP contribution in [0.2, 0.25) is 5.02 Å². The van der Waals surface area contributed by atoms with Crippen LogP contribution < -0.4 is 19.9 Å². The van der Waals surface area contributed by atoms with E-state index in [4.69, 9.17) is 16.3 Å². The summed E-state index contributed by atoms with van der Waals surface area (Å²) >= 11 is 6.31. The van der Waals surface area contributed by atoms with Crippen molar-refractivity contribution < 1.29 is 28.7 Å². The third-order valence-electron chi connectivity index (χ3n) is 14.1. The van der Waals surface area contributed by atoms with E-state index in [1.54, 1.807) is 24.3 Å². The normalized spacial score (nSPS) is 26.6. The van der Waals surface area contributed by atoms with Crippen molar-refractivity contribution in [1.82, 2.24) is 15.1 Å². The van der Waals surface area contributed by atoms with E-state index in [9.17, 15) is 29.2 Å². The molecule has 2 unspecified atom stereocenters. The van der Waals surface area contributed by atoms with Gasteiger partial charge >= 0.3 is 0 Å². The molecule has 0 bridgehead atoms. The molecule has 3 amide bonds. The molecule has 0 spiro atoms. The summed E-state index contributed by atoms with van der Waals surface area (Å²) in [5.41, 5.74) is 4.37. The van der Waals surface area contributed by atoms with E-state index in [2.05, 4.69) is 65.9 Å². The highest BCUT2D eigenvalue weighted by molar-refractivity contribution is 6.32. The molecule has 3 aromatic rings. The molecular weight excluding hydrogens is 768 g/mol. The van der Waals surface area contributed by atoms with Gasteiger partial charge < -0.3 is 19.4 Å². The Bertz CT molecular complexity index is 2320. The van der Waals surface area contributed by atoms with Gasteiger partial charge in [0.2, 0.25) is 11.8 Å². The summed E-state index contributed by atoms with van der Waals surface area (Å²) in [4.78, 5) is 74.2. The summed E-state index contributed by atoms with van der Waals surface area (Å²) in [5, 5.41) is 11.9. The quantitative estimate of drug-likeness (QED) is 0.227. The van der Waals surface area contributed by atoms with Crippen molar-refractivity contribution in [2.75, 3.05) is 49.1 Å². The zero-order chi connectivity index (χ0) is 41.5. The molecule has 9 rings (SSSR count). The number of anilines is 2. The molecule has 1 saturated carbocycles. The maximum Gasteiger partial charge on any atom is 0.254 e. The summed E-state index contributed by atoms with van der Waals surface area (Å²) in [7, 11) is 0. The van der Waals surface area contributed by atoms with Crippen LogP contribution in [0.15, 0.2) is 54.6 Å². The number of fused-ring (bicyclic) bond motifs is 2. The van der Waals surface area contributed by atoms with Gasteiger partial charge in [0, 0.05) is 109 Å². The Hall–Kier alpha value is -5.25. The predicted molar refractivity (Wildman–Crippen MR) is 222 cm³/mol. The molecule has 2 atom stereocenters. The Kier molecular flexibility index (Phi) is 9.63. The first-order chi connectivity index (χ1) is 28.2. The van der Waals surface area contributed by atoms with Gasteiger partial charge in [-0.1, -0.05) is 39.3 Å². The van der Waals surface area contributed by atoms with Crippen molar-refractivity contribution in [2.24, 2.45) is 22.7 Å². The minimum Gasteiger partial charge on any atom is -0.489 e. The largest absolute Gasteiger partial charge is 0.489 e. The monoisotopic (exact) mass is 816 g/mol. The average Bonchev–Trinajstić information content (AvgIpc) is 3.66. The maximum absolute atomic E-state index is 13.9. The summed E-state index contributed by atoms with van der Waals surface area (Å²) in [6.07, 6.45) is 2.14. The van der Waals surface area contributed by atoms with Crippen LogP contribution in [0.4, 0.5) is 11.4 Å². The summed E-state index contributed by atoms with van der Waals surface area (Å²) in [6.45, 7) is 14.5. The molecule has 12 nitrogen and oxygen atoms in total. The average molecular weight is 817 g/mol. The number of imide groups is 1. The molecule has 0 aromatic heterocycles. The van der Waals surface area contributed by atoms with Crippen molar-refractivity contribution in [3.05, 3.63) is 87.4 Å². The first-order valence-electron chi connectivity index (χ1n) is 20.8.